The lowest BCUT2D eigenvalue weighted by Crippen LogP contribution is -2.43. The lowest BCUT2D eigenvalue weighted by molar-refractivity contribution is -0.173. The van der Waals surface area contributed by atoms with Crippen LogP contribution >= 0.6 is 0 Å². The van der Waals surface area contributed by atoms with Gasteiger partial charge in [-0.1, -0.05) is 6.92 Å². The van der Waals surface area contributed by atoms with Crippen LogP contribution in [-0.2, 0) is 0 Å². The second kappa shape index (κ2) is 7.69. The minimum Gasteiger partial charge on any atom is -0.367 e. The molecule has 0 saturated carbocycles. The van der Waals surface area contributed by atoms with E-state index in [0.717, 1.165) is 24.1 Å². The van der Waals surface area contributed by atoms with Gasteiger partial charge in [0, 0.05) is 31.7 Å². The van der Waals surface area contributed by atoms with Crippen LogP contribution in [0.5, 0.6) is 0 Å². The second-order valence-electron chi connectivity index (χ2n) is 7.92. The monoisotopic (exact) mass is 387 g/mol. The van der Waals surface area contributed by atoms with Gasteiger partial charge in [0.05, 0.1) is 0 Å². The molecular formula is C18H28F3N5O. The highest BCUT2D eigenvalue weighted by Gasteiger charge is 2.46. The molecule has 1 saturated heterocycles. The van der Waals surface area contributed by atoms with Gasteiger partial charge in [0.1, 0.15) is 5.82 Å². The zero-order valence-corrected chi connectivity index (χ0v) is 16.1. The Morgan fingerprint density at radius 2 is 2.15 bits per heavy atom. The van der Waals surface area contributed by atoms with Gasteiger partial charge in [-0.2, -0.15) is 18.3 Å². The molecule has 0 spiro atoms. The molecule has 152 valence electrons. The van der Waals surface area contributed by atoms with Crippen LogP contribution < -0.4 is 5.32 Å². The third-order valence-corrected chi connectivity index (χ3v) is 5.41. The van der Waals surface area contributed by atoms with Crippen LogP contribution in [0.2, 0.25) is 0 Å². The van der Waals surface area contributed by atoms with Crippen LogP contribution in [-0.4, -0.2) is 71.4 Å². The molecule has 3 heterocycles. The Morgan fingerprint density at radius 1 is 1.41 bits per heavy atom. The summed E-state index contributed by atoms with van der Waals surface area (Å²) in [6, 6.07) is -0.496. The Morgan fingerprint density at radius 3 is 2.78 bits per heavy atom. The van der Waals surface area contributed by atoms with Crippen LogP contribution in [0.3, 0.4) is 0 Å². The third-order valence-electron chi connectivity index (χ3n) is 5.41. The van der Waals surface area contributed by atoms with Gasteiger partial charge in [0.25, 0.3) is 5.91 Å². The van der Waals surface area contributed by atoms with Crippen LogP contribution in [0, 0.1) is 5.92 Å². The number of hydrogen-bond acceptors (Lipinski definition) is 4. The zero-order chi connectivity index (χ0) is 19.8. The first-order valence-electron chi connectivity index (χ1n) is 9.55. The molecule has 3 atom stereocenters. The van der Waals surface area contributed by atoms with Gasteiger partial charge in [0.2, 0.25) is 0 Å². The molecule has 0 bridgehead atoms. The number of nitrogens with one attached hydrogen (secondary N) is 1. The number of hydrogen-bond donors (Lipinski definition) is 1. The number of rotatable bonds is 4. The van der Waals surface area contributed by atoms with Crippen molar-refractivity contribution in [3.8, 4) is 0 Å². The van der Waals surface area contributed by atoms with Gasteiger partial charge < -0.3 is 15.1 Å². The van der Waals surface area contributed by atoms with Gasteiger partial charge in [0.15, 0.2) is 11.7 Å². The van der Waals surface area contributed by atoms with Crippen molar-refractivity contribution in [3.05, 3.63) is 11.8 Å². The zero-order valence-electron chi connectivity index (χ0n) is 16.1. The standard InChI is InChI=1S/C18H28F3N5O/c1-4-13-8-15(18(19,20)21)26-16(22-13)9-14(23-26)17(27)25-7-5-6-12(11-25)10-24(2)3/h9,12-13,15,22H,4-8,10-11H2,1-3H3/t12-,13+,15+/m0/s1. The molecule has 6 nitrogen and oxygen atoms in total. The predicted molar refractivity (Wildman–Crippen MR) is 96.8 cm³/mol. The van der Waals surface area contributed by atoms with E-state index < -0.39 is 12.2 Å². The summed E-state index contributed by atoms with van der Waals surface area (Å²) in [4.78, 5) is 16.7. The van der Waals surface area contributed by atoms with Crippen molar-refractivity contribution in [1.29, 1.82) is 0 Å². The van der Waals surface area contributed by atoms with E-state index in [2.05, 4.69) is 15.3 Å². The first kappa shape index (κ1) is 20.0. The molecule has 1 aromatic heterocycles. The maximum absolute atomic E-state index is 13.5. The van der Waals surface area contributed by atoms with Crippen molar-refractivity contribution in [3.63, 3.8) is 0 Å². The van der Waals surface area contributed by atoms with E-state index in [1.807, 2.05) is 21.0 Å². The van der Waals surface area contributed by atoms with Crippen molar-refractivity contribution in [1.82, 2.24) is 19.6 Å². The summed E-state index contributed by atoms with van der Waals surface area (Å²) in [5.41, 5.74) is 0.0917. The molecule has 0 radical (unpaired) electrons. The van der Waals surface area contributed by atoms with Gasteiger partial charge in [-0.05, 0) is 45.7 Å². The van der Waals surface area contributed by atoms with Gasteiger partial charge in [-0.25, -0.2) is 4.68 Å². The van der Waals surface area contributed by atoms with Crippen LogP contribution in [0.15, 0.2) is 6.07 Å². The number of anilines is 1. The molecular weight excluding hydrogens is 359 g/mol. The fourth-order valence-electron chi connectivity index (χ4n) is 4.10. The van der Waals surface area contributed by atoms with Crippen molar-refractivity contribution in [2.75, 3.05) is 39.0 Å². The van der Waals surface area contributed by atoms with E-state index in [-0.39, 0.29) is 29.9 Å². The number of piperidine rings is 1. The molecule has 0 aromatic carbocycles. The first-order chi connectivity index (χ1) is 12.7. The van der Waals surface area contributed by atoms with Gasteiger partial charge >= 0.3 is 6.18 Å². The van der Waals surface area contributed by atoms with E-state index in [1.54, 1.807) is 4.90 Å². The van der Waals surface area contributed by atoms with E-state index in [4.69, 9.17) is 0 Å². The molecule has 2 aliphatic rings. The van der Waals surface area contributed by atoms with Crippen molar-refractivity contribution >= 4 is 11.7 Å². The molecule has 27 heavy (non-hydrogen) atoms. The van der Waals surface area contributed by atoms with Crippen LogP contribution in [0.4, 0.5) is 19.0 Å². The molecule has 3 rings (SSSR count). The number of alkyl halides is 3. The number of halogens is 3. The largest absolute Gasteiger partial charge is 0.410 e. The molecule has 1 aromatic rings. The minimum atomic E-state index is -4.39. The summed E-state index contributed by atoms with van der Waals surface area (Å²) in [5.74, 6) is 0.372. The van der Waals surface area contributed by atoms with E-state index >= 15 is 0 Å². The average Bonchev–Trinajstić information content (AvgIpc) is 3.02. The highest BCUT2D eigenvalue weighted by atomic mass is 19.4. The summed E-state index contributed by atoms with van der Waals surface area (Å²) in [6.45, 7) is 3.98. The molecule has 1 N–H and O–H groups in total. The number of carbonyl (C=O) groups is 1. The quantitative estimate of drug-likeness (QED) is 0.863. The highest BCUT2D eigenvalue weighted by molar-refractivity contribution is 5.93. The third kappa shape index (κ3) is 4.39. The minimum absolute atomic E-state index is 0.0725. The topological polar surface area (TPSA) is 53.4 Å². The summed E-state index contributed by atoms with van der Waals surface area (Å²) >= 11 is 0. The molecule has 2 aliphatic heterocycles. The fourth-order valence-corrected chi connectivity index (χ4v) is 4.10. The molecule has 0 unspecified atom stereocenters. The average molecular weight is 387 g/mol. The maximum atomic E-state index is 13.5. The van der Waals surface area contributed by atoms with Crippen molar-refractivity contribution in [2.45, 2.75) is 50.9 Å². The number of amides is 1. The lowest BCUT2D eigenvalue weighted by atomic mass is 9.97. The Kier molecular flexibility index (Phi) is 5.69. The van der Waals surface area contributed by atoms with Gasteiger partial charge in [-0.15, -0.1) is 0 Å². The molecule has 1 fully saturated rings. The van der Waals surface area contributed by atoms with Crippen LogP contribution in [0.1, 0.15) is 49.1 Å². The number of aromatic nitrogens is 2. The summed E-state index contributed by atoms with van der Waals surface area (Å²) in [6.07, 6.45) is -1.93. The van der Waals surface area contributed by atoms with Crippen LogP contribution in [0.25, 0.3) is 0 Å². The van der Waals surface area contributed by atoms with E-state index in [9.17, 15) is 18.0 Å². The number of nitrogens with zero attached hydrogens (tertiary/aromatic N) is 4. The molecule has 9 heteroatoms. The Hall–Kier alpha value is -1.77. The van der Waals surface area contributed by atoms with Crippen molar-refractivity contribution in [2.24, 2.45) is 5.92 Å². The summed E-state index contributed by atoms with van der Waals surface area (Å²) in [5, 5.41) is 7.15. The number of carbonyl (C=O) groups excluding carboxylic acids is 1. The summed E-state index contributed by atoms with van der Waals surface area (Å²) < 4.78 is 41.4. The van der Waals surface area contributed by atoms with Gasteiger partial charge in [-0.3, -0.25) is 4.79 Å². The Bertz CT molecular complexity index is 672. The lowest BCUT2D eigenvalue weighted by Gasteiger charge is -2.33. The molecule has 1 amide bonds. The Balaban J connectivity index is 1.80. The summed E-state index contributed by atoms with van der Waals surface area (Å²) in [7, 11) is 3.99. The normalized spacial score (nSPS) is 26.0. The smallest absolute Gasteiger partial charge is 0.367 e. The van der Waals surface area contributed by atoms with E-state index in [0.29, 0.717) is 25.4 Å². The first-order valence-corrected chi connectivity index (χ1v) is 9.55. The fraction of sp³-hybridized carbons (Fsp3) is 0.778. The Labute approximate surface area is 157 Å². The highest BCUT2D eigenvalue weighted by Crippen LogP contribution is 2.40. The SMILES string of the molecule is CC[C@@H]1C[C@H](C(F)(F)F)n2nc(C(=O)N3CCC[C@@H](CN(C)C)C3)cc2N1. The maximum Gasteiger partial charge on any atom is 0.410 e. The number of likely N-dealkylation sites (tertiary alicyclic amines) is 1. The number of fused-ring (bicyclic) bond motifs is 1. The second-order valence-corrected chi connectivity index (χ2v) is 7.92. The predicted octanol–water partition coefficient (Wildman–Crippen LogP) is 2.99. The van der Waals surface area contributed by atoms with E-state index in [1.165, 1.54) is 6.07 Å². The van der Waals surface area contributed by atoms with Crippen molar-refractivity contribution < 1.29 is 18.0 Å². The molecule has 0 aliphatic carbocycles.